The van der Waals surface area contributed by atoms with Gasteiger partial charge in [-0.1, -0.05) is 12.1 Å². The molecular weight excluding hydrogens is 255 g/mol. The predicted molar refractivity (Wildman–Crippen MR) is 67.3 cm³/mol. The van der Waals surface area contributed by atoms with Crippen molar-refractivity contribution in [2.45, 2.75) is 13.0 Å². The highest BCUT2D eigenvalue weighted by atomic mass is 19.1. The molecule has 0 saturated heterocycles. The summed E-state index contributed by atoms with van der Waals surface area (Å²) in [5.41, 5.74) is -0.240. The van der Waals surface area contributed by atoms with Gasteiger partial charge < -0.3 is 15.2 Å². The molecule has 0 aliphatic heterocycles. The Labute approximate surface area is 110 Å². The summed E-state index contributed by atoms with van der Waals surface area (Å²) in [7, 11) is 0. The Morgan fingerprint density at radius 2 is 2.21 bits per heavy atom. The van der Waals surface area contributed by atoms with Crippen LogP contribution in [0, 0.1) is 15.9 Å². The molecule has 1 aromatic carbocycles. The third kappa shape index (κ3) is 5.29. The van der Waals surface area contributed by atoms with Crippen LogP contribution in [0.5, 0.6) is 0 Å². The molecule has 0 aliphatic carbocycles. The van der Waals surface area contributed by atoms with Crippen LogP contribution in [-0.2, 0) is 11.3 Å². The second-order valence-corrected chi connectivity index (χ2v) is 3.87. The number of aliphatic hydroxyl groups excluding tert-OH is 1. The van der Waals surface area contributed by atoms with Gasteiger partial charge >= 0.3 is 5.69 Å². The maximum absolute atomic E-state index is 13.7. The average molecular weight is 272 g/mol. The van der Waals surface area contributed by atoms with Gasteiger partial charge in [0.2, 0.25) is 5.82 Å². The predicted octanol–water partition coefficient (Wildman–Crippen LogP) is 1.22. The van der Waals surface area contributed by atoms with Gasteiger partial charge in [-0.3, -0.25) is 10.1 Å². The van der Waals surface area contributed by atoms with E-state index in [0.717, 1.165) is 12.5 Å². The van der Waals surface area contributed by atoms with Gasteiger partial charge in [0.15, 0.2) is 0 Å². The number of nitrogens with zero attached hydrogens (tertiary/aromatic N) is 1. The van der Waals surface area contributed by atoms with Gasteiger partial charge in [0.05, 0.1) is 18.1 Å². The zero-order chi connectivity index (χ0) is 14.1. The molecule has 0 atom stereocenters. The molecule has 19 heavy (non-hydrogen) atoms. The van der Waals surface area contributed by atoms with Gasteiger partial charge in [-0.25, -0.2) is 0 Å². The number of ether oxygens (including phenoxy) is 1. The van der Waals surface area contributed by atoms with Gasteiger partial charge in [-0.15, -0.1) is 0 Å². The van der Waals surface area contributed by atoms with Crippen molar-refractivity contribution in [3.05, 3.63) is 39.7 Å². The summed E-state index contributed by atoms with van der Waals surface area (Å²) in [6.45, 7) is 1.64. The summed E-state index contributed by atoms with van der Waals surface area (Å²) < 4.78 is 18.7. The third-order valence-corrected chi connectivity index (χ3v) is 2.45. The first kappa shape index (κ1) is 15.5. The Morgan fingerprint density at radius 3 is 2.89 bits per heavy atom. The van der Waals surface area contributed by atoms with E-state index in [1.54, 1.807) is 0 Å². The number of aliphatic hydroxyl groups is 1. The lowest BCUT2D eigenvalue weighted by Crippen LogP contribution is -2.17. The first-order valence-corrected chi connectivity index (χ1v) is 5.98. The summed E-state index contributed by atoms with van der Waals surface area (Å²) in [5, 5.41) is 22.0. The molecule has 1 aromatic rings. The van der Waals surface area contributed by atoms with Crippen molar-refractivity contribution in [1.29, 1.82) is 0 Å². The van der Waals surface area contributed by atoms with Gasteiger partial charge in [0.25, 0.3) is 0 Å². The Bertz CT molecular complexity index is 415. The molecule has 106 valence electrons. The van der Waals surface area contributed by atoms with E-state index in [1.165, 1.54) is 12.1 Å². The van der Waals surface area contributed by atoms with Crippen molar-refractivity contribution in [2.75, 3.05) is 26.4 Å². The van der Waals surface area contributed by atoms with Crippen LogP contribution in [0.3, 0.4) is 0 Å². The smallest absolute Gasteiger partial charge is 0.305 e. The average Bonchev–Trinajstić information content (AvgIpc) is 2.39. The minimum atomic E-state index is -0.795. The zero-order valence-corrected chi connectivity index (χ0v) is 10.5. The molecule has 0 heterocycles. The molecule has 0 unspecified atom stereocenters. The number of nitro groups is 1. The largest absolute Gasteiger partial charge is 0.394 e. The topological polar surface area (TPSA) is 84.6 Å². The van der Waals surface area contributed by atoms with Crippen molar-refractivity contribution in [1.82, 2.24) is 5.32 Å². The molecule has 0 saturated carbocycles. The number of halogens is 1. The molecule has 0 radical (unpaired) electrons. The number of hydrogen-bond acceptors (Lipinski definition) is 5. The monoisotopic (exact) mass is 272 g/mol. The van der Waals surface area contributed by atoms with E-state index in [0.29, 0.717) is 19.8 Å². The third-order valence-electron chi connectivity index (χ3n) is 2.45. The summed E-state index contributed by atoms with van der Waals surface area (Å²) in [6, 6.07) is 4.11. The second kappa shape index (κ2) is 8.52. The van der Waals surface area contributed by atoms with Crippen molar-refractivity contribution in [3.63, 3.8) is 0 Å². The highest BCUT2D eigenvalue weighted by Gasteiger charge is 2.16. The number of rotatable bonds is 9. The van der Waals surface area contributed by atoms with E-state index in [9.17, 15) is 14.5 Å². The normalized spacial score (nSPS) is 10.6. The molecule has 2 N–H and O–H groups in total. The fraction of sp³-hybridized carbons (Fsp3) is 0.500. The lowest BCUT2D eigenvalue weighted by molar-refractivity contribution is -0.387. The van der Waals surface area contributed by atoms with E-state index in [4.69, 9.17) is 9.84 Å². The molecule has 7 heteroatoms. The molecule has 0 amide bonds. The van der Waals surface area contributed by atoms with Crippen LogP contribution < -0.4 is 5.32 Å². The van der Waals surface area contributed by atoms with Gasteiger partial charge in [-0.2, -0.15) is 4.39 Å². The second-order valence-electron chi connectivity index (χ2n) is 3.87. The van der Waals surface area contributed by atoms with E-state index in [-0.39, 0.29) is 18.7 Å². The summed E-state index contributed by atoms with van der Waals surface area (Å²) in [5.74, 6) is -0.795. The first-order chi connectivity index (χ1) is 9.16. The molecule has 0 bridgehead atoms. The van der Waals surface area contributed by atoms with Crippen LogP contribution in [0.15, 0.2) is 18.2 Å². The maximum Gasteiger partial charge on any atom is 0.305 e. The molecule has 0 aliphatic rings. The quantitative estimate of drug-likeness (QED) is 0.401. The summed E-state index contributed by atoms with van der Waals surface area (Å²) in [6.07, 6.45) is 0.719. The Balaban J connectivity index is 2.33. The summed E-state index contributed by atoms with van der Waals surface area (Å²) in [4.78, 5) is 9.82. The summed E-state index contributed by atoms with van der Waals surface area (Å²) >= 11 is 0. The van der Waals surface area contributed by atoms with Gasteiger partial charge in [0, 0.05) is 24.8 Å². The lowest BCUT2D eigenvalue weighted by Gasteiger charge is -2.06. The first-order valence-electron chi connectivity index (χ1n) is 5.98. The standard InChI is InChI=1S/C12H17FN2O4/c13-12-10(3-1-4-11(12)15(17)18)9-14-5-2-7-19-8-6-16/h1,3-4,14,16H,2,5-9H2. The molecular formula is C12H17FN2O4. The molecule has 6 nitrogen and oxygen atoms in total. The van der Waals surface area contributed by atoms with Crippen LogP contribution in [0.25, 0.3) is 0 Å². The lowest BCUT2D eigenvalue weighted by atomic mass is 10.2. The zero-order valence-electron chi connectivity index (χ0n) is 10.5. The van der Waals surface area contributed by atoms with Gasteiger partial charge in [0.1, 0.15) is 0 Å². The number of nitrogens with one attached hydrogen (secondary N) is 1. The van der Waals surface area contributed by atoms with Crippen LogP contribution in [0.2, 0.25) is 0 Å². The van der Waals surface area contributed by atoms with Crippen molar-refractivity contribution in [3.8, 4) is 0 Å². The van der Waals surface area contributed by atoms with E-state index in [1.807, 2.05) is 0 Å². The Kier molecular flexibility index (Phi) is 6.94. The van der Waals surface area contributed by atoms with Crippen molar-refractivity contribution in [2.24, 2.45) is 0 Å². The fourth-order valence-corrected chi connectivity index (χ4v) is 1.53. The maximum atomic E-state index is 13.7. The number of hydrogen-bond donors (Lipinski definition) is 2. The number of nitro benzene ring substituents is 1. The van der Waals surface area contributed by atoms with Crippen molar-refractivity contribution < 1.29 is 19.2 Å². The van der Waals surface area contributed by atoms with Crippen LogP contribution in [0.4, 0.5) is 10.1 Å². The van der Waals surface area contributed by atoms with Crippen LogP contribution >= 0.6 is 0 Å². The minimum absolute atomic E-state index is 0.00762. The van der Waals surface area contributed by atoms with E-state index >= 15 is 0 Å². The minimum Gasteiger partial charge on any atom is -0.394 e. The van der Waals surface area contributed by atoms with Gasteiger partial charge in [-0.05, 0) is 13.0 Å². The number of benzene rings is 1. The molecule has 1 rings (SSSR count). The van der Waals surface area contributed by atoms with Crippen LogP contribution in [0.1, 0.15) is 12.0 Å². The van der Waals surface area contributed by atoms with E-state index < -0.39 is 16.4 Å². The Hall–Kier alpha value is -1.57. The SMILES string of the molecule is O=[N+]([O-])c1cccc(CNCCCOCCO)c1F. The molecule has 0 spiro atoms. The molecule has 0 fully saturated rings. The molecule has 0 aromatic heterocycles. The highest BCUT2D eigenvalue weighted by Crippen LogP contribution is 2.19. The van der Waals surface area contributed by atoms with Crippen LogP contribution in [-0.4, -0.2) is 36.4 Å². The highest BCUT2D eigenvalue weighted by molar-refractivity contribution is 5.36. The Morgan fingerprint density at radius 1 is 1.42 bits per heavy atom. The van der Waals surface area contributed by atoms with Crippen molar-refractivity contribution >= 4 is 5.69 Å². The van der Waals surface area contributed by atoms with E-state index in [2.05, 4.69) is 5.32 Å². The fourth-order valence-electron chi connectivity index (χ4n) is 1.53.